The first-order chi connectivity index (χ1) is 15.8. The average Bonchev–Trinajstić information content (AvgIpc) is 3.49. The molecule has 3 aliphatic rings. The molecule has 5 atom stereocenters. The smallest absolute Gasteiger partial charge is 0.275 e. The molecule has 0 radical (unpaired) electrons. The molecule has 170 valence electrons. The molecule has 6 nitrogen and oxygen atoms in total. The summed E-state index contributed by atoms with van der Waals surface area (Å²) in [4.78, 5) is 54.2. The standard InChI is InChI=1S/C26H25ClN2O4/c1-14-7-9-16(10-8-14)23(30)15(2)28(24(31)19-5-3-4-6-20(19)27)29-25(32)21-17-11-12-18(13-17)22(21)26(29)33/h3-10,15,17-18,21-22H,11-13H2,1-2H3/t15-,17-,18-,21+,22+/m0/s1. The first-order valence-electron chi connectivity index (χ1n) is 11.4. The van der Waals surface area contributed by atoms with Crippen molar-refractivity contribution in [3.63, 3.8) is 0 Å². The summed E-state index contributed by atoms with van der Waals surface area (Å²) in [5.74, 6) is -2.21. The van der Waals surface area contributed by atoms with Crippen LogP contribution >= 0.6 is 11.6 Å². The third kappa shape index (κ3) is 3.39. The highest BCUT2D eigenvalue weighted by Crippen LogP contribution is 2.56. The molecule has 33 heavy (non-hydrogen) atoms. The fraction of sp³-hybridized carbons (Fsp3) is 0.385. The van der Waals surface area contributed by atoms with Crippen LogP contribution < -0.4 is 0 Å². The lowest BCUT2D eigenvalue weighted by Gasteiger charge is -2.35. The van der Waals surface area contributed by atoms with Crippen molar-refractivity contribution in [3.05, 3.63) is 70.2 Å². The monoisotopic (exact) mass is 464 g/mol. The molecular formula is C26H25ClN2O4. The lowest BCUT2D eigenvalue weighted by Crippen LogP contribution is -2.57. The van der Waals surface area contributed by atoms with Gasteiger partial charge in [0.25, 0.3) is 17.7 Å². The van der Waals surface area contributed by atoms with Gasteiger partial charge in [-0.15, -0.1) is 0 Å². The van der Waals surface area contributed by atoms with E-state index in [0.29, 0.717) is 5.56 Å². The van der Waals surface area contributed by atoms with Crippen LogP contribution in [0.1, 0.15) is 52.5 Å². The number of hydrazine groups is 1. The molecular weight excluding hydrogens is 440 g/mol. The number of aryl methyl sites for hydroxylation is 1. The van der Waals surface area contributed by atoms with Gasteiger partial charge in [0.1, 0.15) is 6.04 Å². The van der Waals surface area contributed by atoms with Gasteiger partial charge in [0.15, 0.2) is 5.78 Å². The van der Waals surface area contributed by atoms with Crippen LogP contribution in [0.5, 0.6) is 0 Å². The van der Waals surface area contributed by atoms with Gasteiger partial charge in [0.2, 0.25) is 0 Å². The molecule has 0 spiro atoms. The number of hydrogen-bond donors (Lipinski definition) is 0. The highest BCUT2D eigenvalue weighted by atomic mass is 35.5. The van der Waals surface area contributed by atoms with E-state index in [1.54, 1.807) is 37.3 Å². The predicted octanol–water partition coefficient (Wildman–Crippen LogP) is 4.31. The van der Waals surface area contributed by atoms with Crippen molar-refractivity contribution in [3.8, 4) is 0 Å². The molecule has 5 rings (SSSR count). The van der Waals surface area contributed by atoms with Gasteiger partial charge in [-0.05, 0) is 57.1 Å². The number of nitrogens with zero attached hydrogens (tertiary/aromatic N) is 2. The van der Waals surface area contributed by atoms with Gasteiger partial charge in [-0.2, -0.15) is 5.01 Å². The second kappa shape index (κ2) is 8.10. The highest BCUT2D eigenvalue weighted by Gasteiger charge is 2.63. The Kier molecular flexibility index (Phi) is 5.36. The number of carbonyl (C=O) groups is 4. The number of ketones is 1. The number of rotatable bonds is 5. The maximum atomic E-state index is 13.7. The van der Waals surface area contributed by atoms with Crippen LogP contribution in [0.2, 0.25) is 5.02 Å². The van der Waals surface area contributed by atoms with Gasteiger partial charge in [-0.3, -0.25) is 19.2 Å². The molecule has 0 N–H and O–H groups in total. The van der Waals surface area contributed by atoms with Crippen molar-refractivity contribution in [2.75, 3.05) is 0 Å². The van der Waals surface area contributed by atoms with Crippen LogP contribution in [0.3, 0.4) is 0 Å². The number of carbonyl (C=O) groups excluding carboxylic acids is 4. The third-order valence-corrected chi connectivity index (χ3v) is 7.84. The zero-order valence-corrected chi connectivity index (χ0v) is 19.3. The normalized spacial score (nSPS) is 26.5. The summed E-state index contributed by atoms with van der Waals surface area (Å²) in [6.07, 6.45) is 2.74. The number of imide groups is 1. The molecule has 1 saturated heterocycles. The van der Waals surface area contributed by atoms with Crippen LogP contribution in [0.4, 0.5) is 0 Å². The zero-order valence-electron chi connectivity index (χ0n) is 18.5. The summed E-state index contributed by atoms with van der Waals surface area (Å²) in [6, 6.07) is 12.4. The minimum Gasteiger partial charge on any atom is -0.292 e. The third-order valence-electron chi connectivity index (χ3n) is 7.51. The molecule has 1 heterocycles. The summed E-state index contributed by atoms with van der Waals surface area (Å²) in [5, 5.41) is 2.20. The van der Waals surface area contributed by atoms with E-state index < -0.39 is 23.8 Å². The van der Waals surface area contributed by atoms with Crippen molar-refractivity contribution in [1.29, 1.82) is 0 Å². The topological polar surface area (TPSA) is 74.8 Å². The first kappa shape index (κ1) is 21.8. The van der Waals surface area contributed by atoms with E-state index in [4.69, 9.17) is 11.6 Å². The van der Waals surface area contributed by atoms with Gasteiger partial charge in [-0.1, -0.05) is 53.6 Å². The SMILES string of the molecule is Cc1ccc(C(=O)[C@H](C)N(C(=O)c2ccccc2Cl)N2C(=O)[C@@H]3[C@H]4CC[C@@H](C4)[C@H]3C2=O)cc1. The van der Waals surface area contributed by atoms with Gasteiger partial charge >= 0.3 is 0 Å². The maximum absolute atomic E-state index is 13.7. The lowest BCUT2D eigenvalue weighted by molar-refractivity contribution is -0.157. The van der Waals surface area contributed by atoms with Crippen molar-refractivity contribution in [2.45, 2.75) is 39.2 Å². The molecule has 0 aromatic heterocycles. The molecule has 3 fully saturated rings. The fourth-order valence-electron chi connectivity index (χ4n) is 5.87. The second-order valence-electron chi connectivity index (χ2n) is 9.41. The van der Waals surface area contributed by atoms with Crippen molar-refractivity contribution in [2.24, 2.45) is 23.7 Å². The highest BCUT2D eigenvalue weighted by molar-refractivity contribution is 6.34. The van der Waals surface area contributed by atoms with E-state index in [1.807, 2.05) is 19.1 Å². The molecule has 2 saturated carbocycles. The van der Waals surface area contributed by atoms with Gasteiger partial charge in [0, 0.05) is 5.56 Å². The summed E-state index contributed by atoms with van der Waals surface area (Å²) in [6.45, 7) is 3.47. The molecule has 1 aliphatic heterocycles. The molecule has 2 aromatic carbocycles. The van der Waals surface area contributed by atoms with Crippen molar-refractivity contribution >= 4 is 35.1 Å². The van der Waals surface area contributed by atoms with Crippen LogP contribution in [-0.2, 0) is 9.59 Å². The molecule has 7 heteroatoms. The number of Topliss-reactive ketones (excluding diaryl/α,β-unsaturated/α-hetero) is 1. The lowest BCUT2D eigenvalue weighted by atomic mass is 9.81. The maximum Gasteiger partial charge on any atom is 0.275 e. The average molecular weight is 465 g/mol. The Bertz CT molecular complexity index is 1130. The minimum atomic E-state index is -1.07. The van der Waals surface area contributed by atoms with E-state index in [0.717, 1.165) is 34.8 Å². The number of benzene rings is 2. The summed E-state index contributed by atoms with van der Waals surface area (Å²) >= 11 is 6.29. The van der Waals surface area contributed by atoms with E-state index >= 15 is 0 Å². The van der Waals surface area contributed by atoms with Gasteiger partial charge in [0.05, 0.1) is 22.4 Å². The Morgan fingerprint density at radius 1 is 0.970 bits per heavy atom. The van der Waals surface area contributed by atoms with Gasteiger partial charge in [-0.25, -0.2) is 5.01 Å². The summed E-state index contributed by atoms with van der Waals surface area (Å²) in [5.41, 5.74) is 1.55. The van der Waals surface area contributed by atoms with Crippen LogP contribution in [0.25, 0.3) is 0 Å². The van der Waals surface area contributed by atoms with E-state index in [1.165, 1.54) is 6.07 Å². The molecule has 3 amide bonds. The van der Waals surface area contributed by atoms with Crippen LogP contribution in [0, 0.1) is 30.6 Å². The van der Waals surface area contributed by atoms with E-state index in [-0.39, 0.29) is 40.0 Å². The molecule has 2 aromatic rings. The zero-order chi connectivity index (χ0) is 23.4. The Morgan fingerprint density at radius 2 is 1.55 bits per heavy atom. The molecule has 2 aliphatic carbocycles. The second-order valence-corrected chi connectivity index (χ2v) is 9.82. The Morgan fingerprint density at radius 3 is 2.12 bits per heavy atom. The number of amides is 3. The predicted molar refractivity (Wildman–Crippen MR) is 122 cm³/mol. The minimum absolute atomic E-state index is 0.142. The van der Waals surface area contributed by atoms with E-state index in [9.17, 15) is 19.2 Å². The molecule has 0 unspecified atom stereocenters. The Hall–Kier alpha value is -2.99. The fourth-order valence-corrected chi connectivity index (χ4v) is 6.09. The van der Waals surface area contributed by atoms with Crippen molar-refractivity contribution < 1.29 is 19.2 Å². The summed E-state index contributed by atoms with van der Waals surface area (Å²) < 4.78 is 0. The quantitative estimate of drug-likeness (QED) is 0.488. The Labute approximate surface area is 197 Å². The number of halogens is 1. The number of fused-ring (bicyclic) bond motifs is 5. The van der Waals surface area contributed by atoms with E-state index in [2.05, 4.69) is 0 Å². The first-order valence-corrected chi connectivity index (χ1v) is 11.7. The Balaban J connectivity index is 1.56. The van der Waals surface area contributed by atoms with Crippen molar-refractivity contribution in [1.82, 2.24) is 10.0 Å². The molecule has 2 bridgehead atoms. The van der Waals surface area contributed by atoms with Crippen LogP contribution in [-0.4, -0.2) is 39.6 Å². The van der Waals surface area contributed by atoms with Crippen LogP contribution in [0.15, 0.2) is 48.5 Å². The van der Waals surface area contributed by atoms with Gasteiger partial charge < -0.3 is 0 Å². The largest absolute Gasteiger partial charge is 0.292 e. The summed E-state index contributed by atoms with van der Waals surface area (Å²) in [7, 11) is 0. The number of hydrogen-bond acceptors (Lipinski definition) is 4.